The molecule has 208 valence electrons. The van der Waals surface area contributed by atoms with Crippen LogP contribution in [0.1, 0.15) is 40.7 Å². The van der Waals surface area contributed by atoms with Crippen molar-refractivity contribution in [2.24, 2.45) is 5.73 Å². The van der Waals surface area contributed by atoms with E-state index in [2.05, 4.69) is 15.6 Å². The monoisotopic (exact) mass is 539 g/mol. The van der Waals surface area contributed by atoms with Gasteiger partial charge in [-0.3, -0.25) is 14.4 Å². The molecule has 0 aliphatic rings. The highest BCUT2D eigenvalue weighted by Crippen LogP contribution is 2.18. The summed E-state index contributed by atoms with van der Waals surface area (Å²) in [7, 11) is 1.73. The maximum atomic E-state index is 13.7. The summed E-state index contributed by atoms with van der Waals surface area (Å²) in [6.07, 6.45) is 3.77. The van der Waals surface area contributed by atoms with Crippen molar-refractivity contribution in [2.45, 2.75) is 44.3 Å². The Morgan fingerprint density at radius 3 is 2.17 bits per heavy atom. The lowest BCUT2D eigenvalue weighted by molar-refractivity contribution is -0.136. The SMILES string of the molecule is CN(Cc1ccccc1)C(=O)[C@@H](Cc1ccccc1)NC(=O)C(CCCCN)NC(=O)c1c[nH]c2ccccc12. The average Bonchev–Trinajstić information content (AvgIpc) is 3.41. The molecule has 3 amide bonds. The van der Waals surface area contributed by atoms with Crippen LogP contribution in [0.3, 0.4) is 0 Å². The molecule has 4 rings (SSSR count). The molecular formula is C32H37N5O3. The molecule has 4 aromatic rings. The first-order chi connectivity index (χ1) is 19.5. The Morgan fingerprint density at radius 2 is 1.48 bits per heavy atom. The highest BCUT2D eigenvalue weighted by molar-refractivity contribution is 6.08. The lowest BCUT2D eigenvalue weighted by Gasteiger charge is -2.27. The van der Waals surface area contributed by atoms with Crippen molar-refractivity contribution in [3.05, 3.63) is 108 Å². The Kier molecular flexibility index (Phi) is 10.1. The Bertz CT molecular complexity index is 1400. The summed E-state index contributed by atoms with van der Waals surface area (Å²) in [5.74, 6) is -0.949. The molecule has 0 saturated heterocycles. The maximum Gasteiger partial charge on any atom is 0.254 e. The van der Waals surface area contributed by atoms with E-state index in [1.807, 2.05) is 84.9 Å². The van der Waals surface area contributed by atoms with E-state index in [0.29, 0.717) is 37.9 Å². The maximum absolute atomic E-state index is 13.7. The van der Waals surface area contributed by atoms with Gasteiger partial charge in [0, 0.05) is 37.1 Å². The summed E-state index contributed by atoms with van der Waals surface area (Å²) in [5.41, 5.74) is 8.92. The molecule has 8 nitrogen and oxygen atoms in total. The number of H-pyrrole nitrogens is 1. The Hall–Kier alpha value is -4.43. The molecule has 0 saturated carbocycles. The van der Waals surface area contributed by atoms with Gasteiger partial charge in [-0.2, -0.15) is 0 Å². The minimum absolute atomic E-state index is 0.204. The van der Waals surface area contributed by atoms with Crippen LogP contribution in [-0.4, -0.2) is 53.3 Å². The predicted octanol–water partition coefficient (Wildman–Crippen LogP) is 3.78. The van der Waals surface area contributed by atoms with Gasteiger partial charge in [-0.25, -0.2) is 0 Å². The smallest absolute Gasteiger partial charge is 0.254 e. The Morgan fingerprint density at radius 1 is 0.825 bits per heavy atom. The zero-order chi connectivity index (χ0) is 28.3. The predicted molar refractivity (Wildman–Crippen MR) is 157 cm³/mol. The second-order valence-electron chi connectivity index (χ2n) is 9.99. The van der Waals surface area contributed by atoms with Crippen molar-refractivity contribution in [1.82, 2.24) is 20.5 Å². The number of hydrogen-bond acceptors (Lipinski definition) is 4. The van der Waals surface area contributed by atoms with E-state index in [0.717, 1.165) is 28.5 Å². The number of nitrogens with two attached hydrogens (primary N) is 1. The quantitative estimate of drug-likeness (QED) is 0.193. The van der Waals surface area contributed by atoms with Gasteiger partial charge in [-0.05, 0) is 43.0 Å². The molecule has 0 fully saturated rings. The van der Waals surface area contributed by atoms with Crippen molar-refractivity contribution in [1.29, 1.82) is 0 Å². The third-order valence-corrected chi connectivity index (χ3v) is 6.94. The molecule has 0 aliphatic heterocycles. The van der Waals surface area contributed by atoms with Crippen LogP contribution in [0.5, 0.6) is 0 Å². The molecule has 1 aromatic heterocycles. The fourth-order valence-corrected chi connectivity index (χ4v) is 4.78. The van der Waals surface area contributed by atoms with Gasteiger partial charge in [0.1, 0.15) is 12.1 Å². The highest BCUT2D eigenvalue weighted by atomic mass is 16.2. The highest BCUT2D eigenvalue weighted by Gasteiger charge is 2.29. The molecule has 0 radical (unpaired) electrons. The first-order valence-corrected chi connectivity index (χ1v) is 13.7. The Balaban J connectivity index is 1.52. The van der Waals surface area contributed by atoms with E-state index >= 15 is 0 Å². The van der Waals surface area contributed by atoms with Gasteiger partial charge < -0.3 is 26.3 Å². The number of rotatable bonds is 13. The lowest BCUT2D eigenvalue weighted by Crippen LogP contribution is -2.54. The fourth-order valence-electron chi connectivity index (χ4n) is 4.78. The normalized spacial score (nSPS) is 12.4. The van der Waals surface area contributed by atoms with Crippen molar-refractivity contribution in [2.75, 3.05) is 13.6 Å². The van der Waals surface area contributed by atoms with E-state index in [4.69, 9.17) is 5.73 Å². The van der Waals surface area contributed by atoms with Gasteiger partial charge in [-0.15, -0.1) is 0 Å². The van der Waals surface area contributed by atoms with E-state index in [1.54, 1.807) is 18.1 Å². The summed E-state index contributed by atoms with van der Waals surface area (Å²) in [6, 6.07) is 25.2. The van der Waals surface area contributed by atoms with E-state index < -0.39 is 18.0 Å². The topological polar surface area (TPSA) is 120 Å². The largest absolute Gasteiger partial charge is 0.360 e. The van der Waals surface area contributed by atoms with Gasteiger partial charge in [-0.1, -0.05) is 78.9 Å². The van der Waals surface area contributed by atoms with Crippen LogP contribution in [0, 0.1) is 0 Å². The van der Waals surface area contributed by atoms with Gasteiger partial charge in [0.2, 0.25) is 11.8 Å². The first kappa shape index (κ1) is 28.6. The molecule has 0 spiro atoms. The number of para-hydroxylation sites is 1. The number of nitrogens with one attached hydrogen (secondary N) is 3. The second kappa shape index (κ2) is 14.1. The fraction of sp³-hybridized carbons (Fsp3) is 0.281. The number of hydrogen-bond donors (Lipinski definition) is 4. The van der Waals surface area contributed by atoms with Gasteiger partial charge >= 0.3 is 0 Å². The van der Waals surface area contributed by atoms with Crippen molar-refractivity contribution in [3.8, 4) is 0 Å². The first-order valence-electron chi connectivity index (χ1n) is 13.7. The van der Waals surface area contributed by atoms with Crippen LogP contribution in [0.2, 0.25) is 0 Å². The number of aromatic amines is 1. The number of fused-ring (bicyclic) bond motifs is 1. The molecule has 40 heavy (non-hydrogen) atoms. The molecule has 3 aromatic carbocycles. The zero-order valence-corrected chi connectivity index (χ0v) is 22.8. The standard InChI is InChI=1S/C32H37N5O3/c1-37(22-24-14-6-3-7-15-24)32(40)29(20-23-12-4-2-5-13-23)36-31(39)28(18-10-11-19-33)35-30(38)26-21-34-27-17-9-8-16-25(26)27/h2-9,12-17,21,28-29,34H,10-11,18-20,22,33H2,1H3,(H,35,38)(H,36,39)/t28?,29-/m1/s1. The van der Waals surface area contributed by atoms with E-state index in [9.17, 15) is 14.4 Å². The van der Waals surface area contributed by atoms with Crippen molar-refractivity contribution in [3.63, 3.8) is 0 Å². The molecule has 8 heteroatoms. The number of carbonyl (C=O) groups excluding carboxylic acids is 3. The summed E-state index contributed by atoms with van der Waals surface area (Å²) < 4.78 is 0. The number of carbonyl (C=O) groups is 3. The zero-order valence-electron chi connectivity index (χ0n) is 22.8. The number of aromatic nitrogens is 1. The third kappa shape index (κ3) is 7.57. The van der Waals surface area contributed by atoms with Crippen LogP contribution in [0.25, 0.3) is 10.9 Å². The minimum Gasteiger partial charge on any atom is -0.360 e. The molecular weight excluding hydrogens is 502 g/mol. The summed E-state index contributed by atoms with van der Waals surface area (Å²) in [5, 5.41) is 6.65. The molecule has 0 bridgehead atoms. The summed E-state index contributed by atoms with van der Waals surface area (Å²) in [6.45, 7) is 0.905. The van der Waals surface area contributed by atoms with Crippen molar-refractivity contribution >= 4 is 28.6 Å². The van der Waals surface area contributed by atoms with Gasteiger partial charge in [0.05, 0.1) is 5.56 Å². The van der Waals surface area contributed by atoms with E-state index in [-0.39, 0.29) is 11.8 Å². The van der Waals surface area contributed by atoms with Crippen LogP contribution in [-0.2, 0) is 22.6 Å². The molecule has 5 N–H and O–H groups in total. The van der Waals surface area contributed by atoms with Gasteiger partial charge in [0.15, 0.2) is 0 Å². The average molecular weight is 540 g/mol. The van der Waals surface area contributed by atoms with Crippen LogP contribution < -0.4 is 16.4 Å². The van der Waals surface area contributed by atoms with Crippen LogP contribution in [0.4, 0.5) is 0 Å². The Labute approximate surface area is 234 Å². The molecule has 1 unspecified atom stereocenters. The number of amides is 3. The number of likely N-dealkylation sites (N-methyl/N-ethyl adjacent to an activating group) is 1. The van der Waals surface area contributed by atoms with Gasteiger partial charge in [0.25, 0.3) is 5.91 Å². The number of benzene rings is 3. The summed E-state index contributed by atoms with van der Waals surface area (Å²) >= 11 is 0. The molecule has 0 aliphatic carbocycles. The molecule has 2 atom stereocenters. The summed E-state index contributed by atoms with van der Waals surface area (Å²) in [4.78, 5) is 45.3. The second-order valence-corrected chi connectivity index (χ2v) is 9.99. The minimum atomic E-state index is -0.821. The number of nitrogens with zero attached hydrogens (tertiary/aromatic N) is 1. The lowest BCUT2D eigenvalue weighted by atomic mass is 10.0. The third-order valence-electron chi connectivity index (χ3n) is 6.94. The molecule has 1 heterocycles. The number of unbranched alkanes of at least 4 members (excludes halogenated alkanes) is 1. The van der Waals surface area contributed by atoms with Crippen LogP contribution >= 0.6 is 0 Å². The van der Waals surface area contributed by atoms with Crippen molar-refractivity contribution < 1.29 is 14.4 Å². The van der Waals surface area contributed by atoms with E-state index in [1.165, 1.54) is 0 Å². The van der Waals surface area contributed by atoms with Crippen LogP contribution in [0.15, 0.2) is 91.1 Å².